The summed E-state index contributed by atoms with van der Waals surface area (Å²) in [5.41, 5.74) is 1.43. The van der Waals surface area contributed by atoms with Crippen LogP contribution in [0.4, 0.5) is 0 Å². The van der Waals surface area contributed by atoms with Gasteiger partial charge in [-0.15, -0.1) is 12.4 Å². The first kappa shape index (κ1) is 21.1. The standard InChI is InChI=1S/C19H27N3O2S.ClH/c1-19(2,3)24-17(23)12-22-16-9-5-4-8-15(16)21-18(22)25-13-14-7-6-10-20-11-14;/h4-5,8-9,14,20H,6-7,10-13H2,1-3H3;1H. The molecular formula is C19H28ClN3O2S. The van der Waals surface area contributed by atoms with Gasteiger partial charge in [0.2, 0.25) is 0 Å². The van der Waals surface area contributed by atoms with Crippen LogP contribution < -0.4 is 5.32 Å². The minimum Gasteiger partial charge on any atom is -0.459 e. The number of carbonyl (C=O) groups excluding carboxylic acids is 1. The maximum Gasteiger partial charge on any atom is 0.326 e. The number of piperidine rings is 1. The van der Waals surface area contributed by atoms with Crippen molar-refractivity contribution in [3.05, 3.63) is 24.3 Å². The third kappa shape index (κ3) is 5.63. The second-order valence-electron chi connectivity index (χ2n) is 7.58. The van der Waals surface area contributed by atoms with Gasteiger partial charge in [0, 0.05) is 5.75 Å². The monoisotopic (exact) mass is 397 g/mol. The first-order valence-corrected chi connectivity index (χ1v) is 9.91. The maximum atomic E-state index is 12.3. The lowest BCUT2D eigenvalue weighted by molar-refractivity contribution is -0.155. The highest BCUT2D eigenvalue weighted by Crippen LogP contribution is 2.27. The first-order chi connectivity index (χ1) is 11.9. The highest BCUT2D eigenvalue weighted by atomic mass is 35.5. The summed E-state index contributed by atoms with van der Waals surface area (Å²) < 4.78 is 7.49. The number of fused-ring (bicyclic) bond motifs is 1. The van der Waals surface area contributed by atoms with Crippen LogP contribution in [-0.4, -0.2) is 40.0 Å². The lowest BCUT2D eigenvalue weighted by Gasteiger charge is -2.22. The van der Waals surface area contributed by atoms with Crippen molar-refractivity contribution < 1.29 is 9.53 Å². The molecule has 0 aliphatic carbocycles. The van der Waals surface area contributed by atoms with Gasteiger partial charge in [-0.25, -0.2) is 4.98 Å². The number of imidazole rings is 1. The number of carbonyl (C=O) groups is 1. The van der Waals surface area contributed by atoms with Crippen LogP contribution in [-0.2, 0) is 16.1 Å². The number of nitrogens with zero attached hydrogens (tertiary/aromatic N) is 2. The van der Waals surface area contributed by atoms with Gasteiger partial charge < -0.3 is 14.6 Å². The predicted octanol–water partition coefficient (Wildman–Crippen LogP) is 3.89. The van der Waals surface area contributed by atoms with E-state index in [-0.39, 0.29) is 24.9 Å². The Morgan fingerprint density at radius 2 is 2.15 bits per heavy atom. The molecule has 1 aromatic carbocycles. The van der Waals surface area contributed by atoms with Gasteiger partial charge in [0.25, 0.3) is 0 Å². The number of hydrogen-bond donors (Lipinski definition) is 1. The topological polar surface area (TPSA) is 56.1 Å². The van der Waals surface area contributed by atoms with Crippen LogP contribution in [0.15, 0.2) is 29.4 Å². The van der Waals surface area contributed by atoms with Gasteiger partial charge in [-0.1, -0.05) is 23.9 Å². The molecule has 7 heteroatoms. The molecule has 26 heavy (non-hydrogen) atoms. The van der Waals surface area contributed by atoms with Crippen molar-refractivity contribution in [1.29, 1.82) is 0 Å². The molecule has 144 valence electrons. The molecule has 1 fully saturated rings. The smallest absolute Gasteiger partial charge is 0.326 e. The van der Waals surface area contributed by atoms with Gasteiger partial charge >= 0.3 is 5.97 Å². The summed E-state index contributed by atoms with van der Waals surface area (Å²) in [5.74, 6) is 1.45. The Hall–Kier alpha value is -1.24. The molecule has 0 bridgehead atoms. The molecule has 3 rings (SSSR count). The van der Waals surface area contributed by atoms with E-state index in [1.807, 2.05) is 49.6 Å². The Bertz CT molecular complexity index is 736. The van der Waals surface area contributed by atoms with Gasteiger partial charge in [-0.3, -0.25) is 4.79 Å². The molecule has 2 heterocycles. The number of halogens is 1. The molecule has 1 saturated heterocycles. The van der Waals surface area contributed by atoms with Gasteiger partial charge in [0.05, 0.1) is 11.0 Å². The third-order valence-electron chi connectivity index (χ3n) is 4.17. The largest absolute Gasteiger partial charge is 0.459 e. The first-order valence-electron chi connectivity index (χ1n) is 8.93. The van der Waals surface area contributed by atoms with E-state index in [4.69, 9.17) is 9.72 Å². The predicted molar refractivity (Wildman–Crippen MR) is 109 cm³/mol. The van der Waals surface area contributed by atoms with Gasteiger partial charge in [0.1, 0.15) is 12.1 Å². The fraction of sp³-hybridized carbons (Fsp3) is 0.579. The Morgan fingerprint density at radius 1 is 1.38 bits per heavy atom. The summed E-state index contributed by atoms with van der Waals surface area (Å²) in [7, 11) is 0. The number of nitrogens with one attached hydrogen (secondary N) is 1. The Morgan fingerprint density at radius 3 is 2.85 bits per heavy atom. The van der Waals surface area contributed by atoms with Gasteiger partial charge in [0.15, 0.2) is 5.16 Å². The second kappa shape index (κ2) is 9.11. The molecular weight excluding hydrogens is 370 g/mol. The van der Waals surface area contributed by atoms with Gasteiger partial charge in [-0.2, -0.15) is 0 Å². The number of aromatic nitrogens is 2. The van der Waals surface area contributed by atoms with Crippen molar-refractivity contribution in [3.8, 4) is 0 Å². The van der Waals surface area contributed by atoms with E-state index in [2.05, 4.69) is 5.32 Å². The molecule has 5 nitrogen and oxygen atoms in total. The number of rotatable bonds is 5. The van der Waals surface area contributed by atoms with Gasteiger partial charge in [-0.05, 0) is 64.8 Å². The number of hydrogen-bond acceptors (Lipinski definition) is 5. The van der Waals surface area contributed by atoms with Crippen LogP contribution in [0.3, 0.4) is 0 Å². The molecule has 1 aliphatic heterocycles. The molecule has 1 aliphatic rings. The van der Waals surface area contributed by atoms with E-state index in [1.54, 1.807) is 11.8 Å². The summed E-state index contributed by atoms with van der Waals surface area (Å²) in [5, 5.41) is 4.36. The molecule has 1 atom stereocenters. The number of thioether (sulfide) groups is 1. The molecule has 0 spiro atoms. The molecule has 0 saturated carbocycles. The molecule has 1 N–H and O–H groups in total. The van der Waals surface area contributed by atoms with Crippen molar-refractivity contribution in [2.24, 2.45) is 5.92 Å². The van der Waals surface area contributed by atoms with Crippen LogP contribution in [0.5, 0.6) is 0 Å². The average Bonchev–Trinajstić information content (AvgIpc) is 2.90. The minimum absolute atomic E-state index is 0. The van der Waals surface area contributed by atoms with Crippen molar-refractivity contribution in [1.82, 2.24) is 14.9 Å². The quantitative estimate of drug-likeness (QED) is 0.612. The zero-order chi connectivity index (χ0) is 17.9. The minimum atomic E-state index is -0.478. The lowest BCUT2D eigenvalue weighted by Crippen LogP contribution is -2.31. The number of esters is 1. The highest BCUT2D eigenvalue weighted by Gasteiger charge is 2.21. The zero-order valence-corrected chi connectivity index (χ0v) is 17.3. The van der Waals surface area contributed by atoms with Crippen molar-refractivity contribution in [3.63, 3.8) is 0 Å². The highest BCUT2D eigenvalue weighted by molar-refractivity contribution is 7.99. The van der Waals surface area contributed by atoms with E-state index in [0.717, 1.165) is 35.0 Å². The van der Waals surface area contributed by atoms with Crippen LogP contribution in [0, 0.1) is 5.92 Å². The average molecular weight is 398 g/mol. The van der Waals surface area contributed by atoms with Crippen molar-refractivity contribution in [2.45, 2.75) is 50.9 Å². The third-order valence-corrected chi connectivity index (χ3v) is 5.38. The van der Waals surface area contributed by atoms with Crippen LogP contribution >= 0.6 is 24.2 Å². The van der Waals surface area contributed by atoms with Crippen molar-refractivity contribution in [2.75, 3.05) is 18.8 Å². The summed E-state index contributed by atoms with van der Waals surface area (Å²) in [6, 6.07) is 7.97. The summed E-state index contributed by atoms with van der Waals surface area (Å²) in [4.78, 5) is 17.1. The van der Waals surface area contributed by atoms with E-state index < -0.39 is 5.60 Å². The lowest BCUT2D eigenvalue weighted by atomic mass is 10.0. The summed E-state index contributed by atoms with van der Waals surface area (Å²) in [6.07, 6.45) is 2.49. The summed E-state index contributed by atoms with van der Waals surface area (Å²) >= 11 is 1.74. The Balaban J connectivity index is 0.00000243. The zero-order valence-electron chi connectivity index (χ0n) is 15.7. The molecule has 0 amide bonds. The fourth-order valence-corrected chi connectivity index (χ4v) is 4.23. The van der Waals surface area contributed by atoms with E-state index >= 15 is 0 Å². The SMILES string of the molecule is CC(C)(C)OC(=O)Cn1c(SCC2CCCNC2)nc2ccccc21.Cl. The molecule has 0 radical (unpaired) electrons. The van der Waals surface area contributed by atoms with Crippen LogP contribution in [0.25, 0.3) is 11.0 Å². The second-order valence-corrected chi connectivity index (χ2v) is 8.57. The molecule has 1 unspecified atom stereocenters. The Labute approximate surface area is 165 Å². The van der Waals surface area contributed by atoms with Crippen LogP contribution in [0.2, 0.25) is 0 Å². The maximum absolute atomic E-state index is 12.3. The number of ether oxygens (including phenoxy) is 1. The van der Waals surface area contributed by atoms with Crippen molar-refractivity contribution >= 4 is 41.2 Å². The molecule has 2 aromatic rings. The normalized spacial score (nSPS) is 17.7. The number of benzene rings is 1. The van der Waals surface area contributed by atoms with E-state index in [0.29, 0.717) is 5.92 Å². The fourth-order valence-electron chi connectivity index (χ4n) is 3.08. The van der Waals surface area contributed by atoms with Crippen LogP contribution in [0.1, 0.15) is 33.6 Å². The Kier molecular flexibility index (Phi) is 7.38. The summed E-state index contributed by atoms with van der Waals surface area (Å²) in [6.45, 7) is 8.06. The van der Waals surface area contributed by atoms with E-state index in [9.17, 15) is 4.79 Å². The van der Waals surface area contributed by atoms with E-state index in [1.165, 1.54) is 12.8 Å². The molecule has 1 aromatic heterocycles. The number of para-hydroxylation sites is 2.